The quantitative estimate of drug-likeness (QED) is 0.746. The van der Waals surface area contributed by atoms with Gasteiger partial charge in [-0.2, -0.15) is 10.4 Å². The van der Waals surface area contributed by atoms with Crippen molar-refractivity contribution in [3.8, 4) is 6.07 Å². The molecule has 1 atom stereocenters. The molecule has 7 heteroatoms. The molecular weight excluding hydrogens is 366 g/mol. The topological polar surface area (TPSA) is 93.1 Å². The molecule has 3 aromatic rings. The Bertz CT molecular complexity index is 1060. The number of nitrogens with one attached hydrogen (secondary N) is 1. The van der Waals surface area contributed by atoms with E-state index in [1.807, 2.05) is 30.3 Å². The summed E-state index contributed by atoms with van der Waals surface area (Å²) < 4.78 is 0. The van der Waals surface area contributed by atoms with Crippen LogP contribution in [0.2, 0.25) is 0 Å². The zero-order chi connectivity index (χ0) is 20.2. The van der Waals surface area contributed by atoms with Gasteiger partial charge in [0.15, 0.2) is 0 Å². The molecule has 4 rings (SSSR count). The van der Waals surface area contributed by atoms with Crippen molar-refractivity contribution in [2.75, 3.05) is 18.0 Å². The number of anilines is 1. The summed E-state index contributed by atoms with van der Waals surface area (Å²) in [6, 6.07) is 20.4. The third-order valence-electron chi connectivity index (χ3n) is 5.06. The smallest absolute Gasteiger partial charge is 0.272 e. The van der Waals surface area contributed by atoms with Crippen LogP contribution in [-0.2, 0) is 11.2 Å². The molecule has 2 amide bonds. The molecule has 0 spiro atoms. The molecule has 144 valence electrons. The zero-order valence-electron chi connectivity index (χ0n) is 15.7. The van der Waals surface area contributed by atoms with Crippen LogP contribution in [-0.4, -0.2) is 46.0 Å². The van der Waals surface area contributed by atoms with E-state index in [-0.39, 0.29) is 24.4 Å². The highest BCUT2D eigenvalue weighted by molar-refractivity contribution is 6.02. The number of carbonyl (C=O) groups excluding carboxylic acids is 2. The number of nitriles is 1. The maximum absolute atomic E-state index is 13.0. The predicted molar refractivity (Wildman–Crippen MR) is 107 cm³/mol. The van der Waals surface area contributed by atoms with Crippen LogP contribution in [0.5, 0.6) is 0 Å². The lowest BCUT2D eigenvalue weighted by atomic mass is 10.00. The molecule has 0 bridgehead atoms. The lowest BCUT2D eigenvalue weighted by molar-refractivity contribution is -0.121. The highest BCUT2D eigenvalue weighted by Crippen LogP contribution is 2.26. The average Bonchev–Trinajstić information content (AvgIpc) is 3.30. The molecule has 1 aliphatic heterocycles. The highest BCUT2D eigenvalue weighted by atomic mass is 16.2. The molecular formula is C22H19N5O2. The molecule has 0 saturated carbocycles. The Morgan fingerprint density at radius 3 is 2.62 bits per heavy atom. The number of benzene rings is 2. The summed E-state index contributed by atoms with van der Waals surface area (Å²) in [6.07, 6.45) is 2.11. The van der Waals surface area contributed by atoms with Gasteiger partial charge in [-0.3, -0.25) is 14.7 Å². The summed E-state index contributed by atoms with van der Waals surface area (Å²) in [5, 5.41) is 16.0. The van der Waals surface area contributed by atoms with Gasteiger partial charge in [0.25, 0.3) is 5.91 Å². The lowest BCUT2D eigenvalue weighted by Crippen LogP contribution is -2.59. The number of hydrogen-bond acceptors (Lipinski definition) is 4. The molecule has 1 N–H and O–H groups in total. The number of amides is 2. The summed E-state index contributed by atoms with van der Waals surface area (Å²) in [6.45, 7) is 0.251. The predicted octanol–water partition coefficient (Wildman–Crippen LogP) is 2.38. The Kier molecular flexibility index (Phi) is 5.08. The first kappa shape index (κ1) is 18.4. The van der Waals surface area contributed by atoms with Crippen LogP contribution in [0.3, 0.4) is 0 Å². The Labute approximate surface area is 168 Å². The Morgan fingerprint density at radius 2 is 1.90 bits per heavy atom. The van der Waals surface area contributed by atoms with Crippen LogP contribution >= 0.6 is 0 Å². The van der Waals surface area contributed by atoms with Crippen LogP contribution in [0.25, 0.3) is 0 Å². The number of piperazine rings is 1. The second-order valence-electron chi connectivity index (χ2n) is 6.88. The number of rotatable bonds is 4. The van der Waals surface area contributed by atoms with Crippen molar-refractivity contribution >= 4 is 17.5 Å². The minimum absolute atomic E-state index is 0.0604. The van der Waals surface area contributed by atoms with Crippen molar-refractivity contribution in [1.29, 1.82) is 5.26 Å². The molecule has 2 heterocycles. The number of hydrogen-bond donors (Lipinski definition) is 1. The Balaban J connectivity index is 1.67. The third-order valence-corrected chi connectivity index (χ3v) is 5.06. The third kappa shape index (κ3) is 3.73. The fourth-order valence-electron chi connectivity index (χ4n) is 3.64. The van der Waals surface area contributed by atoms with E-state index in [1.165, 1.54) is 6.20 Å². The molecule has 1 aromatic heterocycles. The van der Waals surface area contributed by atoms with Gasteiger partial charge in [0.2, 0.25) is 5.91 Å². The normalized spacial score (nSPS) is 16.5. The van der Waals surface area contributed by atoms with Gasteiger partial charge in [-0.15, -0.1) is 0 Å². The first-order valence-corrected chi connectivity index (χ1v) is 9.31. The second kappa shape index (κ2) is 7.98. The van der Waals surface area contributed by atoms with E-state index >= 15 is 0 Å². The Morgan fingerprint density at radius 1 is 1.14 bits per heavy atom. The van der Waals surface area contributed by atoms with Gasteiger partial charge in [0, 0.05) is 12.7 Å². The van der Waals surface area contributed by atoms with E-state index in [1.54, 1.807) is 40.1 Å². The van der Waals surface area contributed by atoms with Crippen molar-refractivity contribution in [2.24, 2.45) is 0 Å². The molecule has 29 heavy (non-hydrogen) atoms. The Hall–Kier alpha value is -3.92. The van der Waals surface area contributed by atoms with Gasteiger partial charge < -0.3 is 9.80 Å². The zero-order valence-corrected chi connectivity index (χ0v) is 15.7. The highest BCUT2D eigenvalue weighted by Gasteiger charge is 2.37. The van der Waals surface area contributed by atoms with Gasteiger partial charge in [-0.25, -0.2) is 0 Å². The monoisotopic (exact) mass is 385 g/mol. The molecule has 1 saturated heterocycles. The van der Waals surface area contributed by atoms with E-state index in [2.05, 4.69) is 16.3 Å². The number of nitrogens with zero attached hydrogens (tertiary/aromatic N) is 4. The van der Waals surface area contributed by atoms with Crippen molar-refractivity contribution in [3.63, 3.8) is 0 Å². The minimum atomic E-state index is -0.259. The molecule has 0 unspecified atom stereocenters. The largest absolute Gasteiger partial charge is 0.323 e. The van der Waals surface area contributed by atoms with Crippen molar-refractivity contribution in [1.82, 2.24) is 15.1 Å². The van der Waals surface area contributed by atoms with Crippen LogP contribution in [0.15, 0.2) is 66.9 Å². The maximum atomic E-state index is 13.0. The van der Waals surface area contributed by atoms with Gasteiger partial charge >= 0.3 is 0 Å². The summed E-state index contributed by atoms with van der Waals surface area (Å²) in [7, 11) is 0. The molecule has 1 aliphatic rings. The number of aromatic amines is 1. The van der Waals surface area contributed by atoms with Crippen molar-refractivity contribution in [2.45, 2.75) is 12.5 Å². The van der Waals surface area contributed by atoms with Gasteiger partial charge in [0.05, 0.1) is 17.3 Å². The van der Waals surface area contributed by atoms with Crippen LogP contribution in [0.4, 0.5) is 5.69 Å². The van der Waals surface area contributed by atoms with Crippen LogP contribution in [0, 0.1) is 11.3 Å². The van der Waals surface area contributed by atoms with Crippen molar-refractivity contribution in [3.05, 3.63) is 83.7 Å². The standard InChI is InChI=1S/C22H19N5O2/c23-13-17-8-4-5-9-20(17)27-14-18(12-16-6-2-1-3-7-16)26(15-21(27)28)22(29)19-10-11-24-25-19/h1-11,18H,12,14-15H2,(H,24,25)/t18-/m1/s1. The SMILES string of the molecule is N#Cc1ccccc1N1C[C@@H](Cc2ccccc2)N(C(=O)c2ccn[nH]2)CC1=O. The van der Waals surface area contributed by atoms with E-state index in [0.29, 0.717) is 29.9 Å². The van der Waals surface area contributed by atoms with E-state index in [9.17, 15) is 14.9 Å². The molecule has 7 nitrogen and oxygen atoms in total. The van der Waals surface area contributed by atoms with Crippen molar-refractivity contribution < 1.29 is 9.59 Å². The molecule has 1 fully saturated rings. The number of aromatic nitrogens is 2. The van der Waals surface area contributed by atoms with E-state index in [0.717, 1.165) is 5.56 Å². The summed E-state index contributed by atoms with van der Waals surface area (Å²) >= 11 is 0. The second-order valence-corrected chi connectivity index (χ2v) is 6.88. The van der Waals surface area contributed by atoms with Gasteiger partial charge in [-0.1, -0.05) is 42.5 Å². The van der Waals surface area contributed by atoms with Gasteiger partial charge in [-0.05, 0) is 30.2 Å². The molecule has 0 aliphatic carbocycles. The fourth-order valence-corrected chi connectivity index (χ4v) is 3.64. The van der Waals surface area contributed by atoms with E-state index in [4.69, 9.17) is 0 Å². The van der Waals surface area contributed by atoms with Gasteiger partial charge in [0.1, 0.15) is 18.3 Å². The molecule has 2 aromatic carbocycles. The first-order chi connectivity index (χ1) is 14.2. The average molecular weight is 385 g/mol. The number of H-pyrrole nitrogens is 1. The lowest BCUT2D eigenvalue weighted by Gasteiger charge is -2.41. The molecule has 0 radical (unpaired) electrons. The summed E-state index contributed by atoms with van der Waals surface area (Å²) in [5.41, 5.74) is 2.43. The van der Waals surface area contributed by atoms with E-state index < -0.39 is 0 Å². The number of para-hydroxylation sites is 1. The number of carbonyl (C=O) groups is 2. The summed E-state index contributed by atoms with van der Waals surface area (Å²) in [5.74, 6) is -0.477. The minimum Gasteiger partial charge on any atom is -0.323 e. The van der Waals surface area contributed by atoms with Crippen LogP contribution < -0.4 is 4.90 Å². The summed E-state index contributed by atoms with van der Waals surface area (Å²) in [4.78, 5) is 29.2. The van der Waals surface area contributed by atoms with Crippen LogP contribution in [0.1, 0.15) is 21.6 Å². The maximum Gasteiger partial charge on any atom is 0.272 e. The first-order valence-electron chi connectivity index (χ1n) is 9.31. The fraction of sp³-hybridized carbons (Fsp3) is 0.182.